The van der Waals surface area contributed by atoms with E-state index in [0.717, 1.165) is 32.2 Å². The molecule has 3 rings (SSSR count). The molecule has 4 nitrogen and oxygen atoms in total. The molecule has 1 aliphatic carbocycles. The van der Waals surface area contributed by atoms with Crippen LogP contribution in [0.3, 0.4) is 0 Å². The van der Waals surface area contributed by atoms with Crippen molar-refractivity contribution in [2.24, 2.45) is 11.8 Å². The van der Waals surface area contributed by atoms with Crippen molar-refractivity contribution in [1.29, 1.82) is 0 Å². The number of nitrogens with zero attached hydrogens (tertiary/aromatic N) is 1. The van der Waals surface area contributed by atoms with Gasteiger partial charge in [0.15, 0.2) is 0 Å². The maximum absolute atomic E-state index is 12.5. The second kappa shape index (κ2) is 6.12. The quantitative estimate of drug-likeness (QED) is 0.838. The number of hydrogen-bond donors (Lipinski definition) is 2. The Morgan fingerprint density at radius 2 is 1.77 bits per heavy atom. The molecule has 1 saturated carbocycles. The minimum absolute atomic E-state index is 0.159. The van der Waals surface area contributed by atoms with E-state index in [-0.39, 0.29) is 17.4 Å². The van der Waals surface area contributed by atoms with Crippen molar-refractivity contribution in [3.05, 3.63) is 0 Å². The smallest absolute Gasteiger partial charge is 0.223 e. The molecule has 22 heavy (non-hydrogen) atoms. The van der Waals surface area contributed by atoms with E-state index in [1.54, 1.807) is 0 Å². The van der Waals surface area contributed by atoms with Crippen LogP contribution in [-0.2, 0) is 4.79 Å². The predicted octanol–water partition coefficient (Wildman–Crippen LogP) is 2.31. The van der Waals surface area contributed by atoms with Crippen molar-refractivity contribution in [3.63, 3.8) is 0 Å². The zero-order valence-corrected chi connectivity index (χ0v) is 14.2. The number of nitrogens with one attached hydrogen (secondary N) is 1. The molecule has 0 atom stereocenters. The van der Waals surface area contributed by atoms with Gasteiger partial charge in [-0.05, 0) is 84.2 Å². The van der Waals surface area contributed by atoms with Gasteiger partial charge in [-0.1, -0.05) is 0 Å². The highest BCUT2D eigenvalue weighted by Crippen LogP contribution is 2.39. The largest absolute Gasteiger partial charge is 0.390 e. The van der Waals surface area contributed by atoms with Gasteiger partial charge in [0.05, 0.1) is 5.60 Å². The highest BCUT2D eigenvalue weighted by atomic mass is 16.3. The number of amides is 1. The van der Waals surface area contributed by atoms with Crippen molar-refractivity contribution >= 4 is 5.91 Å². The Bertz CT molecular complexity index is 398. The van der Waals surface area contributed by atoms with Crippen molar-refractivity contribution in [2.45, 2.75) is 76.4 Å². The summed E-state index contributed by atoms with van der Waals surface area (Å²) in [4.78, 5) is 15.1. The first-order valence-corrected chi connectivity index (χ1v) is 9.16. The van der Waals surface area contributed by atoms with Crippen LogP contribution >= 0.6 is 0 Å². The van der Waals surface area contributed by atoms with Gasteiger partial charge >= 0.3 is 0 Å². The van der Waals surface area contributed by atoms with Crippen LogP contribution in [0, 0.1) is 11.8 Å². The lowest BCUT2D eigenvalue weighted by atomic mass is 9.74. The van der Waals surface area contributed by atoms with E-state index in [1.165, 1.54) is 38.8 Å². The minimum Gasteiger partial charge on any atom is -0.390 e. The zero-order chi connectivity index (χ0) is 15.8. The van der Waals surface area contributed by atoms with Gasteiger partial charge in [0, 0.05) is 18.0 Å². The third-order valence-corrected chi connectivity index (χ3v) is 6.50. The molecule has 0 bridgehead atoms. The highest BCUT2D eigenvalue weighted by Gasteiger charge is 2.44. The summed E-state index contributed by atoms with van der Waals surface area (Å²) in [6.07, 6.45) is 8.86. The number of carbonyl (C=O) groups is 1. The number of fused-ring (bicyclic) bond motifs is 1. The predicted molar refractivity (Wildman–Crippen MR) is 87.5 cm³/mol. The second-order valence-corrected chi connectivity index (χ2v) is 8.34. The molecule has 0 unspecified atom stereocenters. The molecule has 2 heterocycles. The number of rotatable bonds is 4. The monoisotopic (exact) mass is 308 g/mol. The first-order valence-electron chi connectivity index (χ1n) is 9.16. The van der Waals surface area contributed by atoms with Crippen LogP contribution in [0.2, 0.25) is 0 Å². The fourth-order valence-electron chi connectivity index (χ4n) is 4.97. The fourth-order valence-corrected chi connectivity index (χ4v) is 4.97. The lowest BCUT2D eigenvalue weighted by Gasteiger charge is -2.36. The van der Waals surface area contributed by atoms with Gasteiger partial charge in [-0.3, -0.25) is 9.69 Å². The van der Waals surface area contributed by atoms with Crippen LogP contribution < -0.4 is 5.32 Å². The van der Waals surface area contributed by atoms with Gasteiger partial charge in [0.2, 0.25) is 5.91 Å². The molecule has 2 N–H and O–H groups in total. The Morgan fingerprint density at radius 3 is 2.32 bits per heavy atom. The Balaban J connectivity index is 1.47. The molecule has 0 aromatic carbocycles. The van der Waals surface area contributed by atoms with Crippen LogP contribution in [0.5, 0.6) is 0 Å². The lowest BCUT2D eigenvalue weighted by Crippen LogP contribution is -2.49. The lowest BCUT2D eigenvalue weighted by molar-refractivity contribution is -0.127. The van der Waals surface area contributed by atoms with E-state index in [2.05, 4.69) is 10.2 Å². The van der Waals surface area contributed by atoms with E-state index in [9.17, 15) is 9.90 Å². The zero-order valence-electron chi connectivity index (χ0n) is 14.2. The summed E-state index contributed by atoms with van der Waals surface area (Å²) in [6, 6.07) is 0. The Kier molecular flexibility index (Phi) is 4.52. The molecule has 1 amide bonds. The molecular formula is C18H32N2O2. The van der Waals surface area contributed by atoms with Gasteiger partial charge in [-0.15, -0.1) is 0 Å². The molecule has 2 saturated heterocycles. The third kappa shape index (κ3) is 3.18. The SMILES string of the molecule is CC(C)(O)C1CCC(C(=O)NCC23CCCN2CCC3)CC1. The molecule has 3 fully saturated rings. The van der Waals surface area contributed by atoms with E-state index < -0.39 is 5.60 Å². The van der Waals surface area contributed by atoms with E-state index in [1.807, 2.05) is 13.8 Å². The Labute approximate surface area is 134 Å². The average molecular weight is 308 g/mol. The van der Waals surface area contributed by atoms with Crippen LogP contribution in [-0.4, -0.2) is 46.7 Å². The van der Waals surface area contributed by atoms with Crippen LogP contribution in [0.15, 0.2) is 0 Å². The number of hydrogen-bond acceptors (Lipinski definition) is 3. The van der Waals surface area contributed by atoms with Crippen LogP contribution in [0.25, 0.3) is 0 Å². The van der Waals surface area contributed by atoms with E-state index >= 15 is 0 Å². The molecular weight excluding hydrogens is 276 g/mol. The molecule has 0 radical (unpaired) electrons. The maximum Gasteiger partial charge on any atom is 0.223 e. The van der Waals surface area contributed by atoms with Crippen molar-refractivity contribution in [1.82, 2.24) is 10.2 Å². The van der Waals surface area contributed by atoms with Crippen LogP contribution in [0.4, 0.5) is 0 Å². The molecule has 126 valence electrons. The molecule has 4 heteroatoms. The van der Waals surface area contributed by atoms with Gasteiger partial charge in [-0.2, -0.15) is 0 Å². The fraction of sp³-hybridized carbons (Fsp3) is 0.944. The topological polar surface area (TPSA) is 52.6 Å². The second-order valence-electron chi connectivity index (χ2n) is 8.34. The van der Waals surface area contributed by atoms with Gasteiger partial charge in [0.25, 0.3) is 0 Å². The molecule has 2 aliphatic heterocycles. The molecule has 3 aliphatic rings. The Hall–Kier alpha value is -0.610. The summed E-state index contributed by atoms with van der Waals surface area (Å²) in [5, 5.41) is 13.4. The highest BCUT2D eigenvalue weighted by molar-refractivity contribution is 5.78. The van der Waals surface area contributed by atoms with Gasteiger partial charge < -0.3 is 10.4 Å². The van der Waals surface area contributed by atoms with Crippen molar-refractivity contribution in [2.75, 3.05) is 19.6 Å². The summed E-state index contributed by atoms with van der Waals surface area (Å²) >= 11 is 0. The van der Waals surface area contributed by atoms with Crippen molar-refractivity contribution < 1.29 is 9.90 Å². The Morgan fingerprint density at radius 1 is 1.18 bits per heavy atom. The first kappa shape index (κ1) is 16.3. The summed E-state index contributed by atoms with van der Waals surface area (Å²) in [5.41, 5.74) is -0.325. The number of carbonyl (C=O) groups excluding carboxylic acids is 1. The average Bonchev–Trinajstić information content (AvgIpc) is 3.03. The summed E-state index contributed by atoms with van der Waals surface area (Å²) < 4.78 is 0. The molecule has 0 aromatic rings. The van der Waals surface area contributed by atoms with Crippen LogP contribution in [0.1, 0.15) is 65.2 Å². The van der Waals surface area contributed by atoms with Gasteiger partial charge in [-0.25, -0.2) is 0 Å². The maximum atomic E-state index is 12.5. The van der Waals surface area contributed by atoms with E-state index in [4.69, 9.17) is 0 Å². The van der Waals surface area contributed by atoms with E-state index in [0.29, 0.717) is 5.92 Å². The molecule has 0 spiro atoms. The van der Waals surface area contributed by atoms with Crippen molar-refractivity contribution in [3.8, 4) is 0 Å². The summed E-state index contributed by atoms with van der Waals surface area (Å²) in [7, 11) is 0. The van der Waals surface area contributed by atoms with Gasteiger partial charge in [0.1, 0.15) is 0 Å². The summed E-state index contributed by atoms with van der Waals surface area (Å²) in [5.74, 6) is 0.754. The third-order valence-electron chi connectivity index (χ3n) is 6.50. The molecule has 0 aromatic heterocycles. The minimum atomic E-state index is -0.603. The standard InChI is InChI=1S/C18H32N2O2/c1-17(2,22)15-7-5-14(6-8-15)16(21)19-13-18-9-3-11-20(18)12-4-10-18/h14-15,22H,3-13H2,1-2H3,(H,19,21). The number of aliphatic hydroxyl groups is 1. The normalized spacial score (nSPS) is 32.0. The summed E-state index contributed by atoms with van der Waals surface area (Å²) in [6.45, 7) is 7.06. The first-order chi connectivity index (χ1) is 10.4.